The lowest BCUT2D eigenvalue weighted by Gasteiger charge is -2.09. The predicted octanol–water partition coefficient (Wildman–Crippen LogP) is 3.73. The molecule has 2 rings (SSSR count). The molecule has 6 heteroatoms. The number of aromatic nitrogens is 1. The number of carbonyl (C=O) groups is 1. The van der Waals surface area contributed by atoms with Crippen LogP contribution in [-0.4, -0.2) is 21.7 Å². The second-order valence-corrected chi connectivity index (χ2v) is 5.69. The second kappa shape index (κ2) is 4.41. The number of ketones is 1. The molecule has 0 bridgehead atoms. The molecule has 1 aromatic heterocycles. The quantitative estimate of drug-likeness (QED) is 0.677. The van der Waals surface area contributed by atoms with Crippen LogP contribution in [0.25, 0.3) is 10.9 Å². The fourth-order valence-corrected chi connectivity index (χ4v) is 1.96. The number of hydrogen-bond acceptors (Lipinski definition) is 2. The van der Waals surface area contributed by atoms with E-state index in [-0.39, 0.29) is 0 Å². The van der Waals surface area contributed by atoms with E-state index in [1.54, 1.807) is 12.1 Å². The number of alkyl halides is 3. The summed E-state index contributed by atoms with van der Waals surface area (Å²) in [7, 11) is 1.52. The molecular weight excluding hydrogens is 284 g/mol. The lowest BCUT2D eigenvalue weighted by atomic mass is 10.1. The predicted molar refractivity (Wildman–Crippen MR) is 69.5 cm³/mol. The number of methoxy groups -OCH3 is 1. The fourth-order valence-electron chi connectivity index (χ4n) is 1.65. The lowest BCUT2D eigenvalue weighted by molar-refractivity contribution is 0.0998. The zero-order chi connectivity index (χ0) is 12.6. The second-order valence-electron chi connectivity index (χ2n) is 3.41. The molecule has 0 saturated heterocycles. The molecule has 3 nitrogen and oxygen atoms in total. The number of benzene rings is 1. The van der Waals surface area contributed by atoms with Gasteiger partial charge in [0.15, 0.2) is 0 Å². The third-order valence-corrected chi connectivity index (χ3v) is 2.90. The number of nitrogens with one attached hydrogen (secondary N) is 1. The number of H-pyrrole nitrogens is 1. The highest BCUT2D eigenvalue weighted by atomic mass is 35.6. The van der Waals surface area contributed by atoms with Crippen LogP contribution in [0.3, 0.4) is 0 Å². The van der Waals surface area contributed by atoms with Gasteiger partial charge >= 0.3 is 0 Å². The van der Waals surface area contributed by atoms with E-state index in [1.165, 1.54) is 13.3 Å². The van der Waals surface area contributed by atoms with Crippen molar-refractivity contribution in [3.8, 4) is 5.75 Å². The fraction of sp³-hybridized carbons (Fsp3) is 0.182. The van der Waals surface area contributed by atoms with Gasteiger partial charge in [0.1, 0.15) is 5.75 Å². The Morgan fingerprint density at radius 3 is 2.65 bits per heavy atom. The molecule has 1 heterocycles. The van der Waals surface area contributed by atoms with Gasteiger partial charge in [-0.25, -0.2) is 0 Å². The Labute approximate surface area is 113 Å². The van der Waals surface area contributed by atoms with E-state index in [2.05, 4.69) is 4.98 Å². The van der Waals surface area contributed by atoms with Crippen LogP contribution in [0.5, 0.6) is 5.75 Å². The van der Waals surface area contributed by atoms with Gasteiger partial charge in [0.2, 0.25) is 5.78 Å². The zero-order valence-electron chi connectivity index (χ0n) is 8.76. The van der Waals surface area contributed by atoms with Gasteiger partial charge in [-0.15, -0.1) is 0 Å². The number of Topliss-reactive ketones (excluding diaryl/α,β-unsaturated/α-hetero) is 1. The molecule has 0 aliphatic carbocycles. The molecule has 90 valence electrons. The molecule has 0 atom stereocenters. The van der Waals surface area contributed by atoms with Crippen molar-refractivity contribution in [2.45, 2.75) is 3.79 Å². The summed E-state index contributed by atoms with van der Waals surface area (Å²) in [5, 5.41) is 0.617. The van der Waals surface area contributed by atoms with Gasteiger partial charge in [0.25, 0.3) is 3.79 Å². The molecule has 0 amide bonds. The van der Waals surface area contributed by atoms with Crippen molar-refractivity contribution in [2.75, 3.05) is 7.11 Å². The van der Waals surface area contributed by atoms with Crippen LogP contribution in [0.1, 0.15) is 10.4 Å². The van der Waals surface area contributed by atoms with Crippen molar-refractivity contribution in [3.63, 3.8) is 0 Å². The lowest BCUT2D eigenvalue weighted by Crippen LogP contribution is -2.18. The summed E-state index contributed by atoms with van der Waals surface area (Å²) in [6.45, 7) is 0. The minimum atomic E-state index is -1.98. The first kappa shape index (κ1) is 12.6. The van der Waals surface area contributed by atoms with Crippen LogP contribution in [-0.2, 0) is 0 Å². The number of halogens is 3. The summed E-state index contributed by atoms with van der Waals surface area (Å²) in [5.41, 5.74) is 1.06. The molecule has 0 saturated carbocycles. The summed E-state index contributed by atoms with van der Waals surface area (Å²) >= 11 is 16.8. The molecule has 0 radical (unpaired) electrons. The largest absolute Gasteiger partial charge is 0.496 e. The van der Waals surface area contributed by atoms with E-state index >= 15 is 0 Å². The van der Waals surface area contributed by atoms with Crippen LogP contribution in [0.15, 0.2) is 24.4 Å². The number of aromatic amines is 1. The number of hydrogen-bond donors (Lipinski definition) is 1. The molecule has 2 aromatic rings. The first-order valence-electron chi connectivity index (χ1n) is 4.70. The summed E-state index contributed by atoms with van der Waals surface area (Å²) in [4.78, 5) is 14.9. The summed E-state index contributed by atoms with van der Waals surface area (Å²) in [6.07, 6.45) is 1.51. The van der Waals surface area contributed by atoms with Crippen LogP contribution >= 0.6 is 34.8 Å². The molecule has 0 fully saturated rings. The van der Waals surface area contributed by atoms with E-state index in [0.29, 0.717) is 16.7 Å². The van der Waals surface area contributed by atoms with Crippen molar-refractivity contribution >= 4 is 51.5 Å². The average Bonchev–Trinajstić information content (AvgIpc) is 2.70. The van der Waals surface area contributed by atoms with Gasteiger partial charge in [-0.3, -0.25) is 4.79 Å². The first-order chi connectivity index (χ1) is 7.95. The Morgan fingerprint density at radius 1 is 1.35 bits per heavy atom. The monoisotopic (exact) mass is 291 g/mol. The normalized spacial score (nSPS) is 11.8. The van der Waals surface area contributed by atoms with E-state index < -0.39 is 9.58 Å². The van der Waals surface area contributed by atoms with Crippen molar-refractivity contribution < 1.29 is 9.53 Å². The minimum absolute atomic E-state index is 0.303. The Kier molecular flexibility index (Phi) is 3.25. The maximum atomic E-state index is 11.9. The molecular formula is C11H8Cl3NO2. The average molecular weight is 293 g/mol. The molecule has 1 N–H and O–H groups in total. The molecule has 0 unspecified atom stereocenters. The highest BCUT2D eigenvalue weighted by molar-refractivity contribution is 6.77. The highest BCUT2D eigenvalue weighted by Crippen LogP contribution is 2.36. The number of carbonyl (C=O) groups excluding carboxylic acids is 1. The Bertz CT molecular complexity index is 572. The summed E-state index contributed by atoms with van der Waals surface area (Å²) in [5.74, 6) is -0.0281. The Hall–Kier alpha value is -0.900. The zero-order valence-corrected chi connectivity index (χ0v) is 11.0. The van der Waals surface area contributed by atoms with Gasteiger partial charge in [-0.2, -0.15) is 0 Å². The van der Waals surface area contributed by atoms with E-state index in [9.17, 15) is 4.79 Å². The molecule has 0 aliphatic rings. The molecule has 17 heavy (non-hydrogen) atoms. The van der Waals surface area contributed by atoms with Crippen LogP contribution in [0.2, 0.25) is 0 Å². The standard InChI is InChI=1S/C11H8Cl3NO2/c1-17-8-4-2-3-7-9(8)6(5-15-7)10(16)11(12,13)14/h2-5,15H,1H3. The maximum absolute atomic E-state index is 11.9. The first-order valence-corrected chi connectivity index (χ1v) is 5.84. The number of rotatable bonds is 2. The van der Waals surface area contributed by atoms with Gasteiger partial charge in [0.05, 0.1) is 18.1 Å². The van der Waals surface area contributed by atoms with Crippen molar-refractivity contribution in [2.24, 2.45) is 0 Å². The maximum Gasteiger partial charge on any atom is 0.253 e. The molecule has 0 aliphatic heterocycles. The van der Waals surface area contributed by atoms with Gasteiger partial charge < -0.3 is 9.72 Å². The minimum Gasteiger partial charge on any atom is -0.496 e. The number of ether oxygens (including phenoxy) is 1. The third kappa shape index (κ3) is 2.23. The van der Waals surface area contributed by atoms with Crippen molar-refractivity contribution in [1.29, 1.82) is 0 Å². The third-order valence-electron chi connectivity index (χ3n) is 2.39. The van der Waals surface area contributed by atoms with Crippen molar-refractivity contribution in [1.82, 2.24) is 4.98 Å². The van der Waals surface area contributed by atoms with Gasteiger partial charge in [0, 0.05) is 11.7 Å². The highest BCUT2D eigenvalue weighted by Gasteiger charge is 2.33. The van der Waals surface area contributed by atoms with Gasteiger partial charge in [-0.05, 0) is 12.1 Å². The molecule has 0 spiro atoms. The summed E-state index contributed by atoms with van der Waals surface area (Å²) < 4.78 is 3.21. The van der Waals surface area contributed by atoms with Crippen LogP contribution in [0.4, 0.5) is 0 Å². The van der Waals surface area contributed by atoms with Gasteiger partial charge in [-0.1, -0.05) is 40.9 Å². The smallest absolute Gasteiger partial charge is 0.253 e. The van der Waals surface area contributed by atoms with Crippen molar-refractivity contribution in [3.05, 3.63) is 30.0 Å². The van der Waals surface area contributed by atoms with E-state index in [1.807, 2.05) is 6.07 Å². The molecule has 1 aromatic carbocycles. The van der Waals surface area contributed by atoms with E-state index in [4.69, 9.17) is 39.5 Å². The number of fused-ring (bicyclic) bond motifs is 1. The SMILES string of the molecule is COc1cccc2[nH]cc(C(=O)C(Cl)(Cl)Cl)c12. The topological polar surface area (TPSA) is 42.1 Å². The van der Waals surface area contributed by atoms with Crippen LogP contribution in [0, 0.1) is 0 Å². The summed E-state index contributed by atoms with van der Waals surface area (Å²) in [6, 6.07) is 5.36. The Balaban J connectivity index is 2.67. The van der Waals surface area contributed by atoms with E-state index in [0.717, 1.165) is 5.52 Å². The Morgan fingerprint density at radius 2 is 2.06 bits per heavy atom. The van der Waals surface area contributed by atoms with Crippen LogP contribution < -0.4 is 4.74 Å².